The van der Waals surface area contributed by atoms with E-state index >= 15 is 0 Å². The zero-order valence-electron chi connectivity index (χ0n) is 12.5. The molecule has 23 heavy (non-hydrogen) atoms. The van der Waals surface area contributed by atoms with Crippen LogP contribution in [0.4, 0.5) is 0 Å². The molecule has 0 spiro atoms. The van der Waals surface area contributed by atoms with Gasteiger partial charge < -0.3 is 10.1 Å². The van der Waals surface area contributed by atoms with Crippen LogP contribution >= 0.6 is 11.6 Å². The number of nitrogens with zero attached hydrogens (tertiary/aromatic N) is 3. The molecule has 0 saturated carbocycles. The van der Waals surface area contributed by atoms with Crippen LogP contribution in [0.5, 0.6) is 0 Å². The summed E-state index contributed by atoms with van der Waals surface area (Å²) < 4.78 is 6.85. The summed E-state index contributed by atoms with van der Waals surface area (Å²) in [6, 6.07) is 7.29. The lowest BCUT2D eigenvalue weighted by molar-refractivity contribution is -0.143. The number of halogens is 1. The minimum Gasteiger partial charge on any atom is -0.459 e. The maximum atomic E-state index is 11.8. The van der Waals surface area contributed by atoms with Crippen LogP contribution in [-0.2, 0) is 9.53 Å². The van der Waals surface area contributed by atoms with Gasteiger partial charge in [-0.15, -0.1) is 5.10 Å². The summed E-state index contributed by atoms with van der Waals surface area (Å²) in [5, 5.41) is 8.13. The van der Waals surface area contributed by atoms with E-state index in [0.29, 0.717) is 10.8 Å². The highest BCUT2D eigenvalue weighted by Gasteiger charge is 2.15. The van der Waals surface area contributed by atoms with Crippen molar-refractivity contribution in [2.45, 2.75) is 18.9 Å². The van der Waals surface area contributed by atoms with Gasteiger partial charge in [0.25, 0.3) is 0 Å². The molecule has 0 radical (unpaired) electrons. The van der Waals surface area contributed by atoms with E-state index in [-0.39, 0.29) is 12.1 Å². The average molecular weight is 333 g/mol. The number of carbonyl (C=O) groups is 1. The van der Waals surface area contributed by atoms with Gasteiger partial charge in [-0.25, -0.2) is 14.5 Å². The Morgan fingerprint density at radius 2 is 2.22 bits per heavy atom. The van der Waals surface area contributed by atoms with Crippen molar-refractivity contribution in [3.63, 3.8) is 0 Å². The first-order valence-corrected chi connectivity index (χ1v) is 7.85. The molecule has 1 aliphatic heterocycles. The van der Waals surface area contributed by atoms with Gasteiger partial charge >= 0.3 is 5.97 Å². The smallest absolute Gasteiger partial charge is 0.332 e. The third-order valence-electron chi connectivity index (χ3n) is 3.52. The predicted molar refractivity (Wildman–Crippen MR) is 87.8 cm³/mol. The Hall–Kier alpha value is -2.18. The van der Waals surface area contributed by atoms with Gasteiger partial charge in [-0.1, -0.05) is 23.7 Å². The Bertz CT molecular complexity index is 708. The Morgan fingerprint density at radius 1 is 1.39 bits per heavy atom. The van der Waals surface area contributed by atoms with Gasteiger partial charge in [0.2, 0.25) is 0 Å². The Kier molecular flexibility index (Phi) is 5.05. The molecule has 1 aromatic carbocycles. The lowest BCUT2D eigenvalue weighted by atomic mass is 10.1. The molecule has 3 rings (SSSR count). The molecule has 1 aromatic heterocycles. The maximum absolute atomic E-state index is 11.8. The van der Waals surface area contributed by atoms with Crippen LogP contribution in [0.3, 0.4) is 0 Å². The van der Waals surface area contributed by atoms with Gasteiger partial charge in [0, 0.05) is 22.9 Å². The molecule has 1 saturated heterocycles. The van der Waals surface area contributed by atoms with Crippen LogP contribution in [0.1, 0.15) is 12.8 Å². The topological polar surface area (TPSA) is 69.0 Å². The molecule has 0 atom stereocenters. The van der Waals surface area contributed by atoms with Crippen molar-refractivity contribution >= 4 is 23.8 Å². The number of hydrogen-bond acceptors (Lipinski definition) is 5. The first kappa shape index (κ1) is 15.7. The summed E-state index contributed by atoms with van der Waals surface area (Å²) in [6.45, 7) is 1.77. The molecule has 0 unspecified atom stereocenters. The van der Waals surface area contributed by atoms with Crippen molar-refractivity contribution in [1.29, 1.82) is 0 Å². The number of carbonyl (C=O) groups excluding carboxylic acids is 1. The molecule has 1 fully saturated rings. The highest BCUT2D eigenvalue weighted by Crippen LogP contribution is 2.18. The van der Waals surface area contributed by atoms with Gasteiger partial charge in [0.05, 0.1) is 0 Å². The highest BCUT2D eigenvalue weighted by atomic mass is 35.5. The summed E-state index contributed by atoms with van der Waals surface area (Å²) in [4.78, 5) is 16.0. The summed E-state index contributed by atoms with van der Waals surface area (Å²) in [5.74, 6) is 0.181. The third kappa shape index (κ3) is 4.40. The molecule has 7 heteroatoms. The highest BCUT2D eigenvalue weighted by molar-refractivity contribution is 6.30. The van der Waals surface area contributed by atoms with Crippen molar-refractivity contribution in [3.05, 3.63) is 41.7 Å². The summed E-state index contributed by atoms with van der Waals surface area (Å²) in [7, 11) is 0. The van der Waals surface area contributed by atoms with Gasteiger partial charge in [-0.05, 0) is 38.1 Å². The van der Waals surface area contributed by atoms with Crippen molar-refractivity contribution < 1.29 is 9.53 Å². The van der Waals surface area contributed by atoms with Crippen LogP contribution in [0.2, 0.25) is 5.02 Å². The van der Waals surface area contributed by atoms with Crippen LogP contribution in [0.15, 0.2) is 36.7 Å². The molecular formula is C16H17ClN4O2. The SMILES string of the molecule is O=C(C=Cn1cnc(-c2cccc(Cl)c2)n1)OC1CCNCC1. The number of benzene rings is 1. The predicted octanol–water partition coefficient (Wildman–Crippen LogP) is 2.36. The standard InChI is InChI=1S/C16H17ClN4O2/c17-13-3-1-2-12(10-13)16-19-11-21(20-16)9-6-15(22)23-14-4-7-18-8-5-14/h1-3,6,9-11,14,18H,4-5,7-8H2. The molecule has 1 N–H and O–H groups in total. The Morgan fingerprint density at radius 3 is 3.00 bits per heavy atom. The number of hydrogen-bond donors (Lipinski definition) is 1. The fraction of sp³-hybridized carbons (Fsp3) is 0.312. The molecule has 2 heterocycles. The van der Waals surface area contributed by atoms with E-state index in [1.165, 1.54) is 23.3 Å². The zero-order valence-corrected chi connectivity index (χ0v) is 13.2. The molecule has 6 nitrogen and oxygen atoms in total. The first-order valence-electron chi connectivity index (χ1n) is 7.47. The molecular weight excluding hydrogens is 316 g/mol. The van der Waals surface area contributed by atoms with Crippen LogP contribution in [-0.4, -0.2) is 39.9 Å². The zero-order chi connectivity index (χ0) is 16.1. The van der Waals surface area contributed by atoms with Crippen LogP contribution in [0, 0.1) is 0 Å². The lowest BCUT2D eigenvalue weighted by Gasteiger charge is -2.21. The molecule has 1 aliphatic rings. The number of rotatable bonds is 4. The molecule has 2 aromatic rings. The van der Waals surface area contributed by atoms with E-state index in [4.69, 9.17) is 16.3 Å². The van der Waals surface area contributed by atoms with Gasteiger partial charge in [0.1, 0.15) is 12.4 Å². The van der Waals surface area contributed by atoms with Gasteiger partial charge in [0.15, 0.2) is 5.82 Å². The number of aromatic nitrogens is 3. The maximum Gasteiger partial charge on any atom is 0.332 e. The van der Waals surface area contributed by atoms with Crippen LogP contribution in [0.25, 0.3) is 17.6 Å². The third-order valence-corrected chi connectivity index (χ3v) is 3.76. The lowest BCUT2D eigenvalue weighted by Crippen LogP contribution is -2.33. The summed E-state index contributed by atoms with van der Waals surface area (Å²) >= 11 is 5.95. The van der Waals surface area contributed by atoms with Gasteiger partial charge in [-0.2, -0.15) is 0 Å². The quantitative estimate of drug-likeness (QED) is 0.687. The first-order chi connectivity index (χ1) is 11.2. The molecule has 0 bridgehead atoms. The largest absolute Gasteiger partial charge is 0.459 e. The molecule has 0 amide bonds. The normalized spacial score (nSPS) is 15.9. The fourth-order valence-electron chi connectivity index (χ4n) is 2.36. The van der Waals surface area contributed by atoms with E-state index in [9.17, 15) is 4.79 Å². The monoisotopic (exact) mass is 332 g/mol. The summed E-state index contributed by atoms with van der Waals surface area (Å²) in [6.07, 6.45) is 6.11. The number of esters is 1. The Balaban J connectivity index is 1.60. The number of ether oxygens (including phenoxy) is 1. The minimum absolute atomic E-state index is 0.00818. The van der Waals surface area contributed by atoms with E-state index in [0.717, 1.165) is 31.5 Å². The van der Waals surface area contributed by atoms with Crippen LogP contribution < -0.4 is 5.32 Å². The van der Waals surface area contributed by atoms with Crippen molar-refractivity contribution in [2.75, 3.05) is 13.1 Å². The second-order valence-electron chi connectivity index (χ2n) is 5.26. The second kappa shape index (κ2) is 7.39. The minimum atomic E-state index is -0.364. The average Bonchev–Trinajstić information content (AvgIpc) is 3.03. The summed E-state index contributed by atoms with van der Waals surface area (Å²) in [5.41, 5.74) is 0.821. The van der Waals surface area contributed by atoms with Crippen molar-refractivity contribution in [1.82, 2.24) is 20.1 Å². The second-order valence-corrected chi connectivity index (χ2v) is 5.70. The number of piperidine rings is 1. The van der Waals surface area contributed by atoms with E-state index < -0.39 is 0 Å². The number of nitrogens with one attached hydrogen (secondary N) is 1. The van der Waals surface area contributed by atoms with E-state index in [2.05, 4.69) is 15.4 Å². The molecule has 0 aliphatic carbocycles. The van der Waals surface area contributed by atoms with Crippen molar-refractivity contribution in [3.8, 4) is 11.4 Å². The van der Waals surface area contributed by atoms with Gasteiger partial charge in [-0.3, -0.25) is 0 Å². The Labute approximate surface area is 139 Å². The fourth-order valence-corrected chi connectivity index (χ4v) is 2.55. The van der Waals surface area contributed by atoms with E-state index in [1.807, 2.05) is 12.1 Å². The molecule has 120 valence electrons. The van der Waals surface area contributed by atoms with Crippen molar-refractivity contribution in [2.24, 2.45) is 0 Å². The van der Waals surface area contributed by atoms with E-state index in [1.54, 1.807) is 12.1 Å².